The molecule has 2 aromatic rings. The molecule has 0 aliphatic carbocycles. The molecule has 0 aliphatic rings. The number of benzene rings is 2. The molecule has 1 atom stereocenters. The van der Waals surface area contributed by atoms with Gasteiger partial charge in [0.2, 0.25) is 0 Å². The predicted molar refractivity (Wildman–Crippen MR) is 75.8 cm³/mol. The van der Waals surface area contributed by atoms with Gasteiger partial charge in [0.25, 0.3) is 0 Å². The molecule has 0 radical (unpaired) electrons. The van der Waals surface area contributed by atoms with Gasteiger partial charge in [-0.15, -0.1) is 0 Å². The molecule has 0 fully saturated rings. The number of aliphatic hydroxyl groups is 2. The quantitative estimate of drug-likeness (QED) is 0.738. The van der Waals surface area contributed by atoms with E-state index >= 15 is 0 Å². The van der Waals surface area contributed by atoms with Gasteiger partial charge >= 0.3 is 0 Å². The second kappa shape index (κ2) is 7.04. The molecule has 0 saturated carbocycles. The van der Waals surface area contributed by atoms with Gasteiger partial charge in [-0.25, -0.2) is 0 Å². The SMILES string of the molecule is OC[C@@H](O)CNC(c1ccccc1)c1ccccc1. The molecule has 3 N–H and O–H groups in total. The lowest BCUT2D eigenvalue weighted by atomic mass is 9.98. The summed E-state index contributed by atoms with van der Waals surface area (Å²) in [6, 6.07) is 20.2. The van der Waals surface area contributed by atoms with Crippen molar-refractivity contribution in [1.29, 1.82) is 0 Å². The molecule has 0 saturated heterocycles. The van der Waals surface area contributed by atoms with Crippen molar-refractivity contribution in [2.24, 2.45) is 0 Å². The number of aliphatic hydroxyl groups excluding tert-OH is 2. The fraction of sp³-hybridized carbons (Fsp3) is 0.250. The van der Waals surface area contributed by atoms with Crippen LogP contribution in [-0.4, -0.2) is 29.5 Å². The summed E-state index contributed by atoms with van der Waals surface area (Å²) in [6.07, 6.45) is -0.741. The van der Waals surface area contributed by atoms with Crippen molar-refractivity contribution in [2.45, 2.75) is 12.1 Å². The minimum Gasteiger partial charge on any atom is -0.394 e. The lowest BCUT2D eigenvalue weighted by Gasteiger charge is -2.21. The topological polar surface area (TPSA) is 52.5 Å². The maximum Gasteiger partial charge on any atom is 0.0895 e. The number of nitrogens with one attached hydrogen (secondary N) is 1. The molecule has 3 nitrogen and oxygen atoms in total. The van der Waals surface area contributed by atoms with Gasteiger partial charge in [-0.3, -0.25) is 0 Å². The summed E-state index contributed by atoms with van der Waals surface area (Å²) in [5.74, 6) is 0. The van der Waals surface area contributed by atoms with Crippen molar-refractivity contribution in [3.05, 3.63) is 71.8 Å². The van der Waals surface area contributed by atoms with E-state index in [1.54, 1.807) is 0 Å². The van der Waals surface area contributed by atoms with Crippen molar-refractivity contribution in [3.8, 4) is 0 Å². The third kappa shape index (κ3) is 3.89. The number of hydrogen-bond acceptors (Lipinski definition) is 3. The molecule has 0 bridgehead atoms. The molecule has 0 heterocycles. The van der Waals surface area contributed by atoms with Crippen molar-refractivity contribution in [3.63, 3.8) is 0 Å². The summed E-state index contributed by atoms with van der Waals surface area (Å²) in [7, 11) is 0. The van der Waals surface area contributed by atoms with Crippen molar-refractivity contribution >= 4 is 0 Å². The van der Waals surface area contributed by atoms with E-state index in [-0.39, 0.29) is 12.6 Å². The van der Waals surface area contributed by atoms with Crippen molar-refractivity contribution in [2.75, 3.05) is 13.2 Å². The van der Waals surface area contributed by atoms with Crippen LogP contribution in [0.4, 0.5) is 0 Å². The first-order valence-electron chi connectivity index (χ1n) is 6.43. The molecule has 0 unspecified atom stereocenters. The monoisotopic (exact) mass is 257 g/mol. The van der Waals surface area contributed by atoms with E-state index in [1.807, 2.05) is 36.4 Å². The molecule has 19 heavy (non-hydrogen) atoms. The highest BCUT2D eigenvalue weighted by atomic mass is 16.3. The Labute approximate surface area is 113 Å². The summed E-state index contributed by atoms with van der Waals surface area (Å²) in [6.45, 7) is 0.119. The maximum absolute atomic E-state index is 9.49. The third-order valence-corrected chi connectivity index (χ3v) is 3.03. The Balaban J connectivity index is 2.19. The summed E-state index contributed by atoms with van der Waals surface area (Å²) in [5.41, 5.74) is 2.28. The van der Waals surface area contributed by atoms with Gasteiger partial charge in [-0.2, -0.15) is 0 Å². The number of rotatable bonds is 6. The van der Waals surface area contributed by atoms with E-state index in [2.05, 4.69) is 29.6 Å². The van der Waals surface area contributed by atoms with Gasteiger partial charge in [-0.05, 0) is 11.1 Å². The first-order valence-corrected chi connectivity index (χ1v) is 6.43. The average Bonchev–Trinajstić information content (AvgIpc) is 2.49. The molecule has 0 aliphatic heterocycles. The van der Waals surface area contributed by atoms with E-state index in [0.717, 1.165) is 11.1 Å². The van der Waals surface area contributed by atoms with Gasteiger partial charge in [0.05, 0.1) is 18.8 Å². The van der Waals surface area contributed by atoms with Crippen LogP contribution in [0.1, 0.15) is 17.2 Å². The predicted octanol–water partition coefficient (Wildman–Crippen LogP) is 1.72. The van der Waals surface area contributed by atoms with E-state index < -0.39 is 6.10 Å². The second-order valence-corrected chi connectivity index (χ2v) is 4.50. The highest BCUT2D eigenvalue weighted by molar-refractivity contribution is 5.31. The zero-order chi connectivity index (χ0) is 13.5. The van der Waals surface area contributed by atoms with Gasteiger partial charge in [0.15, 0.2) is 0 Å². The van der Waals surface area contributed by atoms with Crippen LogP contribution in [0, 0.1) is 0 Å². The van der Waals surface area contributed by atoms with Crippen LogP contribution in [0.5, 0.6) is 0 Å². The van der Waals surface area contributed by atoms with E-state index in [4.69, 9.17) is 5.11 Å². The fourth-order valence-corrected chi connectivity index (χ4v) is 2.04. The molecule has 0 spiro atoms. The van der Waals surface area contributed by atoms with Crippen LogP contribution in [0.15, 0.2) is 60.7 Å². The van der Waals surface area contributed by atoms with Gasteiger partial charge in [0.1, 0.15) is 0 Å². The molecule has 0 aromatic heterocycles. The summed E-state index contributed by atoms with van der Waals surface area (Å²) in [5, 5.41) is 21.7. The molecule has 100 valence electrons. The minimum atomic E-state index is -0.741. The van der Waals surface area contributed by atoms with Crippen molar-refractivity contribution in [1.82, 2.24) is 5.32 Å². The van der Waals surface area contributed by atoms with E-state index in [9.17, 15) is 5.11 Å². The number of hydrogen-bond donors (Lipinski definition) is 3. The zero-order valence-electron chi connectivity index (χ0n) is 10.7. The Hall–Kier alpha value is -1.68. The minimum absolute atomic E-state index is 0.0172. The standard InChI is InChI=1S/C16H19NO2/c18-12-15(19)11-17-16(13-7-3-1-4-8-13)14-9-5-2-6-10-14/h1-10,15-19H,11-12H2/t15-/m0/s1. The summed E-state index contributed by atoms with van der Waals surface area (Å²) in [4.78, 5) is 0. The first kappa shape index (κ1) is 13.7. The Morgan fingerprint density at radius 1 is 0.842 bits per heavy atom. The van der Waals surface area contributed by atoms with Crippen molar-refractivity contribution < 1.29 is 10.2 Å². The van der Waals surface area contributed by atoms with Gasteiger partial charge in [-0.1, -0.05) is 60.7 Å². The normalized spacial score (nSPS) is 12.6. The molecular formula is C16H19NO2. The summed E-state index contributed by atoms with van der Waals surface area (Å²) < 4.78 is 0. The molecule has 3 heteroatoms. The van der Waals surface area contributed by atoms with E-state index in [1.165, 1.54) is 0 Å². The zero-order valence-corrected chi connectivity index (χ0v) is 10.7. The largest absolute Gasteiger partial charge is 0.394 e. The summed E-state index contributed by atoms with van der Waals surface area (Å²) >= 11 is 0. The van der Waals surface area contributed by atoms with Crippen LogP contribution in [0.2, 0.25) is 0 Å². The molecular weight excluding hydrogens is 238 g/mol. The van der Waals surface area contributed by atoms with Crippen LogP contribution in [0.3, 0.4) is 0 Å². The Morgan fingerprint density at radius 3 is 1.74 bits per heavy atom. The highest BCUT2D eigenvalue weighted by Gasteiger charge is 2.14. The molecule has 2 aromatic carbocycles. The van der Waals surface area contributed by atoms with Gasteiger partial charge in [0, 0.05) is 6.54 Å². The van der Waals surface area contributed by atoms with Gasteiger partial charge < -0.3 is 15.5 Å². The van der Waals surface area contributed by atoms with Crippen LogP contribution < -0.4 is 5.32 Å². The Bertz CT molecular complexity index is 433. The Morgan fingerprint density at radius 2 is 1.32 bits per heavy atom. The van der Waals surface area contributed by atoms with Crippen LogP contribution >= 0.6 is 0 Å². The third-order valence-electron chi connectivity index (χ3n) is 3.03. The second-order valence-electron chi connectivity index (χ2n) is 4.50. The maximum atomic E-state index is 9.49. The van der Waals surface area contributed by atoms with Crippen LogP contribution in [-0.2, 0) is 0 Å². The lowest BCUT2D eigenvalue weighted by Crippen LogP contribution is -2.32. The van der Waals surface area contributed by atoms with Crippen LogP contribution in [0.25, 0.3) is 0 Å². The lowest BCUT2D eigenvalue weighted by molar-refractivity contribution is 0.0929. The fourth-order valence-electron chi connectivity index (χ4n) is 2.04. The smallest absolute Gasteiger partial charge is 0.0895 e. The Kier molecular flexibility index (Phi) is 5.10. The first-order chi connectivity index (χ1) is 9.31. The molecule has 0 amide bonds. The average molecular weight is 257 g/mol. The van der Waals surface area contributed by atoms with E-state index in [0.29, 0.717) is 6.54 Å². The highest BCUT2D eigenvalue weighted by Crippen LogP contribution is 2.21. The molecule has 2 rings (SSSR count).